The van der Waals surface area contributed by atoms with Gasteiger partial charge >= 0.3 is 0 Å². The van der Waals surface area contributed by atoms with Gasteiger partial charge in [0.2, 0.25) is 0 Å². The molecule has 1 saturated heterocycles. The molecule has 4 rings (SSSR count). The normalized spacial score (nSPS) is 17.5. The van der Waals surface area contributed by atoms with E-state index in [9.17, 15) is 14.7 Å². The van der Waals surface area contributed by atoms with Crippen LogP contribution in [0.15, 0.2) is 78.4 Å². The minimum Gasteiger partial charge on any atom is -0.507 e. The number of ether oxygens (including phenoxy) is 1. The Balaban J connectivity index is 1.83. The highest BCUT2D eigenvalue weighted by molar-refractivity contribution is 6.51. The van der Waals surface area contributed by atoms with Gasteiger partial charge in [-0.05, 0) is 69.8 Å². The third-order valence-corrected chi connectivity index (χ3v) is 7.26. The van der Waals surface area contributed by atoms with Crippen molar-refractivity contribution >= 4 is 23.1 Å². The maximum absolute atomic E-state index is 13.6. The van der Waals surface area contributed by atoms with Gasteiger partial charge in [0, 0.05) is 11.3 Å². The lowest BCUT2D eigenvalue weighted by molar-refractivity contribution is -0.132. The Kier molecular flexibility index (Phi) is 7.98. The first-order valence-corrected chi connectivity index (χ1v) is 13.9. The fourth-order valence-corrected chi connectivity index (χ4v) is 4.83. The molecule has 1 aliphatic rings. The second kappa shape index (κ2) is 11.0. The molecule has 1 amide bonds. The van der Waals surface area contributed by atoms with Crippen molar-refractivity contribution in [3.8, 4) is 5.75 Å². The topological polar surface area (TPSA) is 66.8 Å². The number of aliphatic hydroxyl groups is 1. The zero-order valence-electron chi connectivity index (χ0n) is 24.9. The second-order valence-corrected chi connectivity index (χ2v) is 13.1. The fraction of sp³-hybridized carbons (Fsp3) is 0.371. The number of hydrogen-bond acceptors (Lipinski definition) is 4. The third kappa shape index (κ3) is 5.99. The Hall–Kier alpha value is -3.86. The van der Waals surface area contributed by atoms with Crippen LogP contribution in [0.3, 0.4) is 0 Å². The molecule has 1 heterocycles. The van der Waals surface area contributed by atoms with Crippen molar-refractivity contribution in [2.45, 2.75) is 72.3 Å². The van der Waals surface area contributed by atoms with Crippen molar-refractivity contribution in [1.82, 2.24) is 0 Å². The summed E-state index contributed by atoms with van der Waals surface area (Å²) in [5.41, 5.74) is 4.04. The zero-order chi connectivity index (χ0) is 29.4. The number of Topliss-reactive ketones (excluding diaryl/α,β-unsaturated/α-hetero) is 1. The first kappa shape index (κ1) is 29.1. The van der Waals surface area contributed by atoms with Gasteiger partial charge in [-0.15, -0.1) is 0 Å². The van der Waals surface area contributed by atoms with Gasteiger partial charge < -0.3 is 9.84 Å². The van der Waals surface area contributed by atoms with Crippen molar-refractivity contribution in [2.75, 3.05) is 11.5 Å². The summed E-state index contributed by atoms with van der Waals surface area (Å²) >= 11 is 0. The third-order valence-electron chi connectivity index (χ3n) is 7.26. The number of amides is 1. The van der Waals surface area contributed by atoms with Crippen LogP contribution in [-0.4, -0.2) is 23.4 Å². The maximum atomic E-state index is 13.6. The molecule has 0 saturated carbocycles. The number of carbonyl (C=O) groups excluding carboxylic acids is 2. The molecule has 1 fully saturated rings. The lowest BCUT2D eigenvalue weighted by Crippen LogP contribution is -2.29. The summed E-state index contributed by atoms with van der Waals surface area (Å²) in [6.07, 6.45) is 0. The zero-order valence-corrected chi connectivity index (χ0v) is 24.9. The fourth-order valence-electron chi connectivity index (χ4n) is 4.83. The van der Waals surface area contributed by atoms with E-state index in [0.717, 1.165) is 16.7 Å². The molecule has 1 aliphatic heterocycles. The van der Waals surface area contributed by atoms with Crippen molar-refractivity contribution in [3.05, 3.63) is 101 Å². The highest BCUT2D eigenvalue weighted by Crippen LogP contribution is 2.43. The van der Waals surface area contributed by atoms with E-state index >= 15 is 0 Å². The molecule has 210 valence electrons. The molecule has 0 aliphatic carbocycles. The molecule has 0 bridgehead atoms. The number of anilines is 1. The molecule has 0 aromatic heterocycles. The Labute approximate surface area is 238 Å². The van der Waals surface area contributed by atoms with Gasteiger partial charge in [-0.25, -0.2) is 0 Å². The minimum absolute atomic E-state index is 0.0531. The van der Waals surface area contributed by atoms with Crippen LogP contribution in [0.2, 0.25) is 0 Å². The SMILES string of the molecule is CC(C)COc1ccc(/C(O)=C2/C(=O)C(=O)N(c3ccc(C(C)(C)C)cc3)C2c2ccc(C(C)(C)C)cc2)cc1. The summed E-state index contributed by atoms with van der Waals surface area (Å²) in [4.78, 5) is 28.6. The second-order valence-electron chi connectivity index (χ2n) is 13.1. The smallest absolute Gasteiger partial charge is 0.300 e. The highest BCUT2D eigenvalue weighted by atomic mass is 16.5. The van der Waals surface area contributed by atoms with E-state index in [0.29, 0.717) is 29.5 Å². The van der Waals surface area contributed by atoms with Crippen LogP contribution in [0.1, 0.15) is 83.7 Å². The molecule has 1 atom stereocenters. The van der Waals surface area contributed by atoms with E-state index < -0.39 is 17.7 Å². The van der Waals surface area contributed by atoms with Crippen molar-refractivity contribution in [2.24, 2.45) is 5.92 Å². The molecule has 3 aromatic carbocycles. The quantitative estimate of drug-likeness (QED) is 0.196. The minimum atomic E-state index is -0.772. The number of hydrogen-bond donors (Lipinski definition) is 1. The average Bonchev–Trinajstić information content (AvgIpc) is 3.16. The Morgan fingerprint density at radius 3 is 1.77 bits per heavy atom. The lowest BCUT2D eigenvalue weighted by atomic mass is 9.85. The van der Waals surface area contributed by atoms with Gasteiger partial charge in [0.1, 0.15) is 11.5 Å². The molecular weight excluding hydrogens is 498 g/mol. The molecule has 40 heavy (non-hydrogen) atoms. The summed E-state index contributed by atoms with van der Waals surface area (Å²) in [6.45, 7) is 17.5. The Morgan fingerprint density at radius 2 is 1.30 bits per heavy atom. The van der Waals surface area contributed by atoms with E-state index in [4.69, 9.17) is 4.74 Å². The van der Waals surface area contributed by atoms with Gasteiger partial charge in [-0.2, -0.15) is 0 Å². The average molecular weight is 540 g/mol. The van der Waals surface area contributed by atoms with Crippen LogP contribution in [-0.2, 0) is 20.4 Å². The van der Waals surface area contributed by atoms with Gasteiger partial charge in [0.15, 0.2) is 0 Å². The summed E-state index contributed by atoms with van der Waals surface area (Å²) in [5, 5.41) is 11.5. The van der Waals surface area contributed by atoms with Gasteiger partial charge in [0.05, 0.1) is 18.2 Å². The molecule has 5 nitrogen and oxygen atoms in total. The lowest BCUT2D eigenvalue weighted by Gasteiger charge is -2.27. The van der Waals surface area contributed by atoms with Crippen LogP contribution < -0.4 is 9.64 Å². The molecular formula is C35H41NO4. The summed E-state index contributed by atoms with van der Waals surface area (Å²) < 4.78 is 5.78. The monoisotopic (exact) mass is 539 g/mol. The first-order chi connectivity index (χ1) is 18.7. The standard InChI is InChI=1S/C35H41NO4/c1-22(2)21-40-28-19-11-24(12-20-28)31(37)29-30(23-9-13-25(14-10-23)34(3,4)5)36(33(39)32(29)38)27-17-15-26(16-18-27)35(6,7)8/h9-20,22,30,37H,21H2,1-8H3/b31-29-. The number of carbonyl (C=O) groups is 2. The van der Waals surface area contributed by atoms with E-state index in [2.05, 4.69) is 55.4 Å². The van der Waals surface area contributed by atoms with E-state index in [1.807, 2.05) is 48.5 Å². The number of aliphatic hydroxyl groups excluding tert-OH is 1. The number of ketones is 1. The van der Waals surface area contributed by atoms with Crippen LogP contribution in [0.25, 0.3) is 5.76 Å². The van der Waals surface area contributed by atoms with E-state index in [-0.39, 0.29) is 22.2 Å². The number of rotatable bonds is 6. The van der Waals surface area contributed by atoms with Crippen molar-refractivity contribution in [3.63, 3.8) is 0 Å². The largest absolute Gasteiger partial charge is 0.507 e. The Bertz CT molecular complexity index is 1400. The Morgan fingerprint density at radius 1 is 0.800 bits per heavy atom. The maximum Gasteiger partial charge on any atom is 0.300 e. The predicted octanol–water partition coefficient (Wildman–Crippen LogP) is 7.94. The van der Waals surface area contributed by atoms with Gasteiger partial charge in [0.25, 0.3) is 11.7 Å². The van der Waals surface area contributed by atoms with Crippen LogP contribution >= 0.6 is 0 Å². The molecule has 1 N–H and O–H groups in total. The summed E-state index contributed by atoms with van der Waals surface area (Å²) in [7, 11) is 0. The first-order valence-electron chi connectivity index (χ1n) is 13.9. The van der Waals surface area contributed by atoms with Crippen molar-refractivity contribution in [1.29, 1.82) is 0 Å². The molecule has 5 heteroatoms. The molecule has 1 unspecified atom stereocenters. The van der Waals surface area contributed by atoms with Crippen LogP contribution in [0, 0.1) is 5.92 Å². The van der Waals surface area contributed by atoms with E-state index in [1.54, 1.807) is 24.3 Å². The molecule has 0 radical (unpaired) electrons. The van der Waals surface area contributed by atoms with Gasteiger partial charge in [-0.1, -0.05) is 91.8 Å². The molecule has 0 spiro atoms. The van der Waals surface area contributed by atoms with Crippen LogP contribution in [0.5, 0.6) is 5.75 Å². The predicted molar refractivity (Wildman–Crippen MR) is 162 cm³/mol. The van der Waals surface area contributed by atoms with Crippen molar-refractivity contribution < 1.29 is 19.4 Å². The van der Waals surface area contributed by atoms with Gasteiger partial charge in [-0.3, -0.25) is 14.5 Å². The highest BCUT2D eigenvalue weighted by Gasteiger charge is 2.47. The summed E-state index contributed by atoms with van der Waals surface area (Å²) in [5.74, 6) is -0.508. The van der Waals surface area contributed by atoms with Crippen LogP contribution in [0.4, 0.5) is 5.69 Å². The van der Waals surface area contributed by atoms with E-state index in [1.165, 1.54) is 4.90 Å². The summed E-state index contributed by atoms with van der Waals surface area (Å²) in [6, 6.07) is 21.9. The molecule has 3 aromatic rings. The number of nitrogens with zero attached hydrogens (tertiary/aromatic N) is 1. The number of benzene rings is 3.